The van der Waals surface area contributed by atoms with Crippen LogP contribution in [-0.2, 0) is 6.42 Å². The molecule has 11 heavy (non-hydrogen) atoms. The van der Waals surface area contributed by atoms with E-state index in [-0.39, 0.29) is 0 Å². The van der Waals surface area contributed by atoms with Crippen molar-refractivity contribution in [1.29, 1.82) is 0 Å². The van der Waals surface area contributed by atoms with Crippen LogP contribution in [0.5, 0.6) is 0 Å². The Balaban J connectivity index is 2.86. The topological polar surface area (TPSA) is 52.0 Å². The average Bonchev–Trinajstić information content (AvgIpc) is 1.93. The van der Waals surface area contributed by atoms with Crippen molar-refractivity contribution < 1.29 is 0 Å². The second kappa shape index (κ2) is 3.10. The lowest BCUT2D eigenvalue weighted by Gasteiger charge is -2.03. The average molecular weight is 148 g/mol. The molecule has 0 aliphatic carbocycles. The van der Waals surface area contributed by atoms with E-state index < -0.39 is 0 Å². The Bertz CT molecular complexity index is 266. The monoisotopic (exact) mass is 148 g/mol. The fourth-order valence-corrected chi connectivity index (χ4v) is 0.940. The Morgan fingerprint density at radius 1 is 1.36 bits per heavy atom. The normalized spacial score (nSPS) is 9.45. The molecule has 2 nitrogen and oxygen atoms in total. The molecule has 0 radical (unpaired) electrons. The minimum absolute atomic E-state index is 0.642. The van der Waals surface area contributed by atoms with E-state index in [1.807, 2.05) is 24.3 Å². The van der Waals surface area contributed by atoms with Crippen molar-refractivity contribution in [2.24, 2.45) is 5.73 Å². The zero-order chi connectivity index (χ0) is 8.27. The summed E-state index contributed by atoms with van der Waals surface area (Å²) in [5, 5.41) is 0. The maximum atomic E-state index is 5.67. The summed E-state index contributed by atoms with van der Waals surface area (Å²) in [6.07, 6.45) is 0.659. The first-order valence-electron chi connectivity index (χ1n) is 3.47. The number of hydrogen-bond acceptors (Lipinski definition) is 2. The SMILES string of the molecule is C=C(N)Cc1ccccc1N. The number of para-hydroxylation sites is 1. The van der Waals surface area contributed by atoms with E-state index >= 15 is 0 Å². The highest BCUT2D eigenvalue weighted by Gasteiger charge is 1.96. The van der Waals surface area contributed by atoms with Gasteiger partial charge in [-0.25, -0.2) is 0 Å². The van der Waals surface area contributed by atoms with Gasteiger partial charge in [-0.2, -0.15) is 0 Å². The molecule has 1 rings (SSSR count). The quantitative estimate of drug-likeness (QED) is 0.621. The van der Waals surface area contributed by atoms with Gasteiger partial charge in [-0.3, -0.25) is 0 Å². The van der Waals surface area contributed by atoms with Crippen LogP contribution in [0.25, 0.3) is 0 Å². The largest absolute Gasteiger partial charge is 0.402 e. The number of nitrogen functional groups attached to an aromatic ring is 1. The molecule has 58 valence electrons. The Labute approximate surface area is 66.5 Å². The molecule has 1 aromatic carbocycles. The van der Waals surface area contributed by atoms with Crippen LogP contribution in [0.3, 0.4) is 0 Å². The third kappa shape index (κ3) is 2.00. The second-order valence-corrected chi connectivity index (χ2v) is 2.53. The summed E-state index contributed by atoms with van der Waals surface area (Å²) in [5.74, 6) is 0. The standard InChI is InChI=1S/C9H12N2/c1-7(10)6-8-4-2-3-5-9(8)11/h2-5H,1,6,10-11H2. The zero-order valence-electron chi connectivity index (χ0n) is 6.38. The van der Waals surface area contributed by atoms with Gasteiger partial charge < -0.3 is 11.5 Å². The number of nitrogens with two attached hydrogens (primary N) is 2. The van der Waals surface area contributed by atoms with Gasteiger partial charge in [-0.1, -0.05) is 24.8 Å². The number of anilines is 1. The summed E-state index contributed by atoms with van der Waals surface area (Å²) >= 11 is 0. The zero-order valence-corrected chi connectivity index (χ0v) is 6.38. The first kappa shape index (κ1) is 7.66. The molecule has 0 saturated carbocycles. The van der Waals surface area contributed by atoms with E-state index in [0.29, 0.717) is 12.1 Å². The predicted octanol–water partition coefficient (Wildman–Crippen LogP) is 1.28. The highest BCUT2D eigenvalue weighted by atomic mass is 14.6. The highest BCUT2D eigenvalue weighted by molar-refractivity contribution is 5.47. The molecule has 0 saturated heterocycles. The van der Waals surface area contributed by atoms with Gasteiger partial charge in [0.1, 0.15) is 0 Å². The van der Waals surface area contributed by atoms with Crippen LogP contribution in [0.15, 0.2) is 36.5 Å². The van der Waals surface area contributed by atoms with Crippen LogP contribution < -0.4 is 11.5 Å². The highest BCUT2D eigenvalue weighted by Crippen LogP contribution is 2.12. The predicted molar refractivity (Wildman–Crippen MR) is 47.9 cm³/mol. The lowest BCUT2D eigenvalue weighted by molar-refractivity contribution is 1.12. The van der Waals surface area contributed by atoms with Gasteiger partial charge in [0.15, 0.2) is 0 Å². The number of rotatable bonds is 2. The Morgan fingerprint density at radius 3 is 2.55 bits per heavy atom. The molecule has 0 fully saturated rings. The maximum Gasteiger partial charge on any atom is 0.0350 e. The van der Waals surface area contributed by atoms with Gasteiger partial charge in [0, 0.05) is 17.8 Å². The van der Waals surface area contributed by atoms with Crippen LogP contribution in [-0.4, -0.2) is 0 Å². The molecule has 4 N–H and O–H groups in total. The van der Waals surface area contributed by atoms with Crippen molar-refractivity contribution in [2.75, 3.05) is 5.73 Å². The van der Waals surface area contributed by atoms with E-state index in [0.717, 1.165) is 11.3 Å². The maximum absolute atomic E-state index is 5.67. The Kier molecular flexibility index (Phi) is 2.16. The summed E-state index contributed by atoms with van der Waals surface area (Å²) in [6.45, 7) is 3.61. The third-order valence-corrected chi connectivity index (χ3v) is 1.47. The Morgan fingerprint density at radius 2 is 2.00 bits per heavy atom. The summed E-state index contributed by atoms with van der Waals surface area (Å²) in [5.41, 5.74) is 13.6. The lowest BCUT2D eigenvalue weighted by atomic mass is 10.1. The summed E-state index contributed by atoms with van der Waals surface area (Å²) < 4.78 is 0. The van der Waals surface area contributed by atoms with Crippen LogP contribution in [0.4, 0.5) is 5.69 Å². The van der Waals surface area contributed by atoms with Crippen LogP contribution in [0.2, 0.25) is 0 Å². The van der Waals surface area contributed by atoms with Crippen molar-refractivity contribution in [3.05, 3.63) is 42.1 Å². The second-order valence-electron chi connectivity index (χ2n) is 2.53. The lowest BCUT2D eigenvalue weighted by Crippen LogP contribution is -2.01. The molecule has 0 atom stereocenters. The van der Waals surface area contributed by atoms with E-state index in [4.69, 9.17) is 11.5 Å². The molecule has 2 heteroatoms. The number of benzene rings is 1. The number of hydrogen-bond donors (Lipinski definition) is 2. The van der Waals surface area contributed by atoms with Gasteiger partial charge in [0.2, 0.25) is 0 Å². The van der Waals surface area contributed by atoms with Crippen molar-refractivity contribution in [3.63, 3.8) is 0 Å². The molecule has 0 bridgehead atoms. The third-order valence-electron chi connectivity index (χ3n) is 1.47. The van der Waals surface area contributed by atoms with Gasteiger partial charge in [-0.15, -0.1) is 0 Å². The van der Waals surface area contributed by atoms with E-state index in [1.165, 1.54) is 0 Å². The van der Waals surface area contributed by atoms with Gasteiger partial charge in [0.05, 0.1) is 0 Å². The molecule has 0 aromatic heterocycles. The summed E-state index contributed by atoms with van der Waals surface area (Å²) in [4.78, 5) is 0. The van der Waals surface area contributed by atoms with Crippen LogP contribution >= 0.6 is 0 Å². The van der Waals surface area contributed by atoms with E-state index in [2.05, 4.69) is 6.58 Å². The van der Waals surface area contributed by atoms with Crippen molar-refractivity contribution in [2.45, 2.75) is 6.42 Å². The molecule has 0 spiro atoms. The van der Waals surface area contributed by atoms with Crippen molar-refractivity contribution in [1.82, 2.24) is 0 Å². The molecule has 0 aliphatic rings. The molecule has 0 amide bonds. The Hall–Kier alpha value is -1.44. The molecular formula is C9H12N2. The van der Waals surface area contributed by atoms with Gasteiger partial charge in [-0.05, 0) is 11.6 Å². The minimum atomic E-state index is 0.642. The summed E-state index contributed by atoms with van der Waals surface area (Å²) in [6, 6.07) is 7.65. The van der Waals surface area contributed by atoms with Gasteiger partial charge >= 0.3 is 0 Å². The first-order valence-corrected chi connectivity index (χ1v) is 3.47. The molecule has 0 heterocycles. The minimum Gasteiger partial charge on any atom is -0.402 e. The van der Waals surface area contributed by atoms with Crippen molar-refractivity contribution in [3.8, 4) is 0 Å². The molecule has 0 aliphatic heterocycles. The molecular weight excluding hydrogens is 136 g/mol. The smallest absolute Gasteiger partial charge is 0.0350 e. The van der Waals surface area contributed by atoms with Crippen molar-refractivity contribution >= 4 is 5.69 Å². The van der Waals surface area contributed by atoms with E-state index in [1.54, 1.807) is 0 Å². The fourth-order valence-electron chi connectivity index (χ4n) is 0.940. The van der Waals surface area contributed by atoms with Crippen LogP contribution in [0, 0.1) is 0 Å². The van der Waals surface area contributed by atoms with E-state index in [9.17, 15) is 0 Å². The number of allylic oxidation sites excluding steroid dienone is 1. The summed E-state index contributed by atoms with van der Waals surface area (Å²) in [7, 11) is 0. The molecule has 0 unspecified atom stereocenters. The first-order chi connectivity index (χ1) is 5.20. The molecule has 1 aromatic rings. The van der Waals surface area contributed by atoms with Crippen LogP contribution in [0.1, 0.15) is 5.56 Å². The van der Waals surface area contributed by atoms with Gasteiger partial charge in [0.25, 0.3) is 0 Å². The fraction of sp³-hybridized carbons (Fsp3) is 0.111.